The van der Waals surface area contributed by atoms with E-state index in [1.165, 1.54) is 6.08 Å². The molecule has 2 N–H and O–H groups in total. The summed E-state index contributed by atoms with van der Waals surface area (Å²) >= 11 is 11.8. The van der Waals surface area contributed by atoms with Crippen LogP contribution in [0.25, 0.3) is 17.3 Å². The van der Waals surface area contributed by atoms with Crippen molar-refractivity contribution in [1.29, 1.82) is 5.26 Å². The summed E-state index contributed by atoms with van der Waals surface area (Å²) in [7, 11) is 0. The van der Waals surface area contributed by atoms with E-state index in [-0.39, 0.29) is 5.57 Å². The molecule has 0 aliphatic rings. The molecule has 0 aliphatic carbocycles. The van der Waals surface area contributed by atoms with E-state index in [0.29, 0.717) is 21.3 Å². The second-order valence-corrected chi connectivity index (χ2v) is 6.22. The van der Waals surface area contributed by atoms with Crippen LogP contribution < -0.4 is 5.32 Å². The number of carbonyl (C=O) groups excluding carboxylic acids is 1. The molecule has 0 aliphatic heterocycles. The summed E-state index contributed by atoms with van der Waals surface area (Å²) in [5.41, 5.74) is 2.59. The topological polar surface area (TPSA) is 81.6 Å². The first-order chi connectivity index (χ1) is 12.6. The number of rotatable bonds is 4. The summed E-state index contributed by atoms with van der Waals surface area (Å²) < 4.78 is 0. The highest BCUT2D eigenvalue weighted by Crippen LogP contribution is 2.25. The molecule has 0 saturated carbocycles. The summed E-state index contributed by atoms with van der Waals surface area (Å²) in [6, 6.07) is 16.1. The van der Waals surface area contributed by atoms with Crippen molar-refractivity contribution in [3.63, 3.8) is 0 Å². The van der Waals surface area contributed by atoms with Gasteiger partial charge in [-0.2, -0.15) is 10.4 Å². The van der Waals surface area contributed by atoms with E-state index < -0.39 is 5.91 Å². The molecule has 0 spiro atoms. The second kappa shape index (κ2) is 7.87. The van der Waals surface area contributed by atoms with Gasteiger partial charge in [0.1, 0.15) is 11.6 Å². The molecule has 1 heterocycles. The van der Waals surface area contributed by atoms with Gasteiger partial charge >= 0.3 is 0 Å². The minimum Gasteiger partial charge on any atom is -0.321 e. The first kappa shape index (κ1) is 17.7. The van der Waals surface area contributed by atoms with Gasteiger partial charge in [-0.3, -0.25) is 9.89 Å². The molecule has 0 fully saturated rings. The van der Waals surface area contributed by atoms with Crippen LogP contribution in [0.2, 0.25) is 10.0 Å². The van der Waals surface area contributed by atoms with Crippen LogP contribution in [-0.2, 0) is 4.79 Å². The number of hydrogen-bond acceptors (Lipinski definition) is 3. The molecule has 0 bridgehead atoms. The van der Waals surface area contributed by atoms with Crippen LogP contribution >= 0.6 is 23.2 Å². The first-order valence-electron chi connectivity index (χ1n) is 7.55. The number of amides is 1. The van der Waals surface area contributed by atoms with Gasteiger partial charge in [-0.1, -0.05) is 53.5 Å². The summed E-state index contributed by atoms with van der Waals surface area (Å²) in [5.74, 6) is -0.564. The van der Waals surface area contributed by atoms with E-state index in [0.717, 1.165) is 11.3 Å². The van der Waals surface area contributed by atoms with Crippen molar-refractivity contribution in [3.05, 3.63) is 75.9 Å². The summed E-state index contributed by atoms with van der Waals surface area (Å²) in [4.78, 5) is 12.4. The van der Waals surface area contributed by atoms with Crippen molar-refractivity contribution in [3.8, 4) is 17.3 Å². The minimum atomic E-state index is -0.564. The Bertz CT molecular complexity index is 999. The molecule has 0 atom stereocenters. The standard InChI is InChI=1S/C19H12Cl2N4O/c20-15-7-16(21)9-17(8-15)24-19(26)13(10-22)6-14-11-23-25-18(14)12-4-2-1-3-5-12/h1-9,11H,(H,23,25)(H,24,26). The number of halogens is 2. The highest BCUT2D eigenvalue weighted by Gasteiger charge is 2.13. The average molecular weight is 383 g/mol. The zero-order valence-corrected chi connectivity index (χ0v) is 14.8. The van der Waals surface area contributed by atoms with Crippen LogP contribution in [0.5, 0.6) is 0 Å². The van der Waals surface area contributed by atoms with Crippen LogP contribution in [0.1, 0.15) is 5.56 Å². The van der Waals surface area contributed by atoms with Gasteiger partial charge in [0.15, 0.2) is 0 Å². The SMILES string of the molecule is N#CC(=Cc1cn[nH]c1-c1ccccc1)C(=O)Nc1cc(Cl)cc(Cl)c1. The summed E-state index contributed by atoms with van der Waals surface area (Å²) in [6.45, 7) is 0. The van der Waals surface area contributed by atoms with Crippen LogP contribution in [0.3, 0.4) is 0 Å². The lowest BCUT2D eigenvalue weighted by Crippen LogP contribution is -2.13. The molecular formula is C19H12Cl2N4O. The molecule has 3 rings (SSSR count). The zero-order chi connectivity index (χ0) is 18.5. The van der Waals surface area contributed by atoms with Crippen molar-refractivity contribution < 1.29 is 4.79 Å². The molecule has 26 heavy (non-hydrogen) atoms. The Hall–Kier alpha value is -3.07. The van der Waals surface area contributed by atoms with Crippen LogP contribution in [0.15, 0.2) is 60.3 Å². The lowest BCUT2D eigenvalue weighted by Gasteiger charge is -2.06. The molecule has 7 heteroatoms. The Morgan fingerprint density at radius 2 is 1.85 bits per heavy atom. The molecule has 5 nitrogen and oxygen atoms in total. The fourth-order valence-electron chi connectivity index (χ4n) is 2.37. The third kappa shape index (κ3) is 4.12. The summed E-state index contributed by atoms with van der Waals surface area (Å²) in [5, 5.41) is 19.7. The normalized spacial score (nSPS) is 11.0. The number of carbonyl (C=O) groups is 1. The average Bonchev–Trinajstić information content (AvgIpc) is 3.07. The highest BCUT2D eigenvalue weighted by atomic mass is 35.5. The fourth-order valence-corrected chi connectivity index (χ4v) is 2.90. The number of H-pyrrole nitrogens is 1. The molecule has 3 aromatic rings. The van der Waals surface area contributed by atoms with Crippen LogP contribution in [-0.4, -0.2) is 16.1 Å². The number of hydrogen-bond donors (Lipinski definition) is 2. The van der Waals surface area contributed by atoms with Crippen molar-refractivity contribution in [2.75, 3.05) is 5.32 Å². The van der Waals surface area contributed by atoms with E-state index in [4.69, 9.17) is 23.2 Å². The minimum absolute atomic E-state index is 0.0697. The quantitative estimate of drug-likeness (QED) is 0.495. The fraction of sp³-hybridized carbons (Fsp3) is 0. The Labute approximate surface area is 159 Å². The highest BCUT2D eigenvalue weighted by molar-refractivity contribution is 6.35. The van der Waals surface area contributed by atoms with Crippen molar-refractivity contribution >= 4 is 40.9 Å². The molecule has 0 radical (unpaired) electrons. The lowest BCUT2D eigenvalue weighted by molar-refractivity contribution is -0.112. The van der Waals surface area contributed by atoms with Gasteiger partial charge in [0.05, 0.1) is 11.9 Å². The number of anilines is 1. The third-order valence-corrected chi connectivity index (χ3v) is 3.95. The van der Waals surface area contributed by atoms with Gasteiger partial charge in [-0.25, -0.2) is 0 Å². The Balaban J connectivity index is 1.89. The van der Waals surface area contributed by atoms with Crippen LogP contribution in [0.4, 0.5) is 5.69 Å². The molecular weight excluding hydrogens is 371 g/mol. The summed E-state index contributed by atoms with van der Waals surface area (Å²) in [6.07, 6.45) is 3.04. The van der Waals surface area contributed by atoms with Gasteiger partial charge in [-0.15, -0.1) is 0 Å². The van der Waals surface area contributed by atoms with E-state index in [9.17, 15) is 10.1 Å². The van der Waals surface area contributed by atoms with E-state index in [1.54, 1.807) is 24.4 Å². The maximum Gasteiger partial charge on any atom is 0.266 e. The van der Waals surface area contributed by atoms with Crippen molar-refractivity contribution in [2.24, 2.45) is 0 Å². The molecule has 1 aromatic heterocycles. The van der Waals surface area contributed by atoms with Gasteiger partial charge in [-0.05, 0) is 24.3 Å². The molecule has 0 saturated heterocycles. The van der Waals surface area contributed by atoms with Gasteiger partial charge in [0.2, 0.25) is 0 Å². The Morgan fingerprint density at radius 1 is 1.15 bits per heavy atom. The molecule has 0 unspecified atom stereocenters. The number of aromatic amines is 1. The number of nitriles is 1. The lowest BCUT2D eigenvalue weighted by atomic mass is 10.1. The van der Waals surface area contributed by atoms with Crippen molar-refractivity contribution in [2.45, 2.75) is 0 Å². The van der Waals surface area contributed by atoms with Gasteiger partial charge in [0.25, 0.3) is 5.91 Å². The van der Waals surface area contributed by atoms with E-state index in [2.05, 4.69) is 15.5 Å². The largest absolute Gasteiger partial charge is 0.321 e. The first-order valence-corrected chi connectivity index (χ1v) is 8.30. The smallest absolute Gasteiger partial charge is 0.266 e. The monoisotopic (exact) mass is 382 g/mol. The third-order valence-electron chi connectivity index (χ3n) is 3.52. The Morgan fingerprint density at radius 3 is 2.50 bits per heavy atom. The predicted octanol–water partition coefficient (Wildman–Crippen LogP) is 4.93. The maximum absolute atomic E-state index is 12.4. The second-order valence-electron chi connectivity index (χ2n) is 5.35. The molecule has 2 aromatic carbocycles. The molecule has 1 amide bonds. The number of nitrogens with zero attached hydrogens (tertiary/aromatic N) is 2. The zero-order valence-electron chi connectivity index (χ0n) is 13.3. The maximum atomic E-state index is 12.4. The van der Waals surface area contributed by atoms with Crippen LogP contribution in [0, 0.1) is 11.3 Å². The predicted molar refractivity (Wildman–Crippen MR) is 103 cm³/mol. The van der Waals surface area contributed by atoms with E-state index in [1.807, 2.05) is 36.4 Å². The number of nitrogens with one attached hydrogen (secondary N) is 2. The van der Waals surface area contributed by atoms with E-state index >= 15 is 0 Å². The van der Waals surface area contributed by atoms with Crippen molar-refractivity contribution in [1.82, 2.24) is 10.2 Å². The molecule has 128 valence electrons. The number of benzene rings is 2. The number of aromatic nitrogens is 2. The van der Waals surface area contributed by atoms with Gasteiger partial charge < -0.3 is 5.32 Å². The van der Waals surface area contributed by atoms with Gasteiger partial charge in [0, 0.05) is 26.9 Å². The Kier molecular flexibility index (Phi) is 5.37.